The highest BCUT2D eigenvalue weighted by atomic mass is 16.7. The van der Waals surface area contributed by atoms with Crippen LogP contribution in [0.25, 0.3) is 0 Å². The van der Waals surface area contributed by atoms with E-state index in [0.29, 0.717) is 19.3 Å². The lowest BCUT2D eigenvalue weighted by atomic mass is 9.98. The lowest BCUT2D eigenvalue weighted by Crippen LogP contribution is -2.61. The molecule has 11 unspecified atom stereocenters. The first-order valence-electron chi connectivity index (χ1n) is 25.5. The number of allylic oxidation sites excluding steroid dienone is 18. The van der Waals surface area contributed by atoms with Crippen LogP contribution in [0.5, 0.6) is 0 Å². The molecule has 0 aromatic carbocycles. The van der Waals surface area contributed by atoms with Crippen LogP contribution in [0.4, 0.5) is 0 Å². The first-order chi connectivity index (χ1) is 34.0. The number of aliphatic hydroxyl groups is 7. The average Bonchev–Trinajstić information content (AvgIpc) is 3.35. The Labute approximate surface area is 417 Å². The van der Waals surface area contributed by atoms with Crippen molar-refractivity contribution in [3.63, 3.8) is 0 Å². The summed E-state index contributed by atoms with van der Waals surface area (Å²) in [5.41, 5.74) is 0. The lowest BCUT2D eigenvalue weighted by molar-refractivity contribution is -0.332. The van der Waals surface area contributed by atoms with E-state index in [-0.39, 0.29) is 19.4 Å². The zero-order valence-electron chi connectivity index (χ0n) is 41.7. The van der Waals surface area contributed by atoms with E-state index in [1.54, 1.807) is 0 Å². The summed E-state index contributed by atoms with van der Waals surface area (Å²) < 4.78 is 33.4. The molecule has 70 heavy (non-hydrogen) atoms. The minimum atomic E-state index is -1.79. The Kier molecular flexibility index (Phi) is 36.2. The van der Waals surface area contributed by atoms with E-state index < -0.39 is 99.3 Å². The van der Waals surface area contributed by atoms with Crippen molar-refractivity contribution in [1.29, 1.82) is 0 Å². The average molecular weight is 987 g/mol. The standard InChI is InChI=1S/C55H86O15/c1-3-5-7-9-11-13-15-17-19-20-21-22-24-26-28-30-32-34-36-38-47(58)68-43(40-65-46(57)37-35-33-31-29-27-25-23-18-16-14-12-10-8-6-4-2)41-66-54-53(64)51(62)49(60)45(70-54)42-67-55-52(63)50(61)48(59)44(39-56)69-55/h5-8,11-14,17-19,21-23,26,28,32,34,43-45,48-56,59-64H,3-4,9-10,15-16,20,24-25,27,29-31,33,35-42H2,1-2H3/b7-5-,8-6-,13-11-,14-12-,19-17-,22-21-,23-18-,28-26-,34-32-. The molecule has 2 heterocycles. The fraction of sp³-hybridized carbons (Fsp3) is 0.636. The number of ether oxygens (including phenoxy) is 6. The molecule has 11 atom stereocenters. The van der Waals surface area contributed by atoms with Gasteiger partial charge >= 0.3 is 11.9 Å². The fourth-order valence-corrected chi connectivity index (χ4v) is 7.14. The molecular weight excluding hydrogens is 901 g/mol. The molecule has 0 radical (unpaired) electrons. The maximum absolute atomic E-state index is 13.0. The highest BCUT2D eigenvalue weighted by molar-refractivity contribution is 5.70. The zero-order valence-corrected chi connectivity index (χ0v) is 41.7. The van der Waals surface area contributed by atoms with Gasteiger partial charge in [-0.15, -0.1) is 0 Å². The molecule has 0 spiro atoms. The Bertz CT molecular complexity index is 1630. The van der Waals surface area contributed by atoms with E-state index in [9.17, 15) is 45.3 Å². The molecule has 0 aromatic heterocycles. The van der Waals surface area contributed by atoms with Crippen molar-refractivity contribution in [2.45, 2.75) is 197 Å². The first kappa shape index (κ1) is 62.3. The highest BCUT2D eigenvalue weighted by Crippen LogP contribution is 2.26. The van der Waals surface area contributed by atoms with Gasteiger partial charge in [-0.25, -0.2) is 0 Å². The number of unbranched alkanes of at least 4 members (excludes halogenated alkanes) is 5. The van der Waals surface area contributed by atoms with Gasteiger partial charge in [0.25, 0.3) is 0 Å². The summed E-state index contributed by atoms with van der Waals surface area (Å²) in [6.45, 7) is 2.23. The van der Waals surface area contributed by atoms with Gasteiger partial charge in [0, 0.05) is 12.8 Å². The largest absolute Gasteiger partial charge is 0.462 e. The lowest BCUT2D eigenvalue weighted by Gasteiger charge is -2.42. The van der Waals surface area contributed by atoms with Crippen LogP contribution in [0.15, 0.2) is 109 Å². The first-order valence-corrected chi connectivity index (χ1v) is 25.5. The Balaban J connectivity index is 1.86. The van der Waals surface area contributed by atoms with Crippen LogP contribution in [-0.4, -0.2) is 142 Å². The van der Waals surface area contributed by atoms with E-state index in [1.807, 2.05) is 18.2 Å². The number of carbonyl (C=O) groups excluding carboxylic acids is 2. The van der Waals surface area contributed by atoms with E-state index >= 15 is 0 Å². The molecule has 2 aliphatic rings. The van der Waals surface area contributed by atoms with Crippen LogP contribution in [0.1, 0.15) is 129 Å². The van der Waals surface area contributed by atoms with Crippen molar-refractivity contribution in [1.82, 2.24) is 0 Å². The number of aliphatic hydroxyl groups excluding tert-OH is 7. The molecule has 7 N–H and O–H groups in total. The maximum atomic E-state index is 13.0. The Morgan fingerprint density at radius 1 is 0.457 bits per heavy atom. The van der Waals surface area contributed by atoms with Gasteiger partial charge < -0.3 is 64.2 Å². The van der Waals surface area contributed by atoms with Crippen LogP contribution in [-0.2, 0) is 38.0 Å². The van der Waals surface area contributed by atoms with E-state index in [1.165, 1.54) is 0 Å². The quantitative estimate of drug-likeness (QED) is 0.0186. The summed E-state index contributed by atoms with van der Waals surface area (Å²) in [7, 11) is 0. The van der Waals surface area contributed by atoms with Crippen LogP contribution >= 0.6 is 0 Å². The predicted octanol–water partition coefficient (Wildman–Crippen LogP) is 7.15. The third kappa shape index (κ3) is 28.3. The minimum absolute atomic E-state index is 0.0290. The van der Waals surface area contributed by atoms with Crippen LogP contribution in [0, 0.1) is 0 Å². The molecule has 2 fully saturated rings. The molecule has 2 saturated heterocycles. The van der Waals surface area contributed by atoms with Crippen molar-refractivity contribution in [2.24, 2.45) is 0 Å². The summed E-state index contributed by atoms with van der Waals surface area (Å²) in [6, 6.07) is 0. The minimum Gasteiger partial charge on any atom is -0.462 e. The van der Waals surface area contributed by atoms with Gasteiger partial charge in [0.1, 0.15) is 55.4 Å². The van der Waals surface area contributed by atoms with E-state index in [0.717, 1.165) is 83.5 Å². The number of hydrogen-bond donors (Lipinski definition) is 7. The summed E-state index contributed by atoms with van der Waals surface area (Å²) in [5.74, 6) is -1.06. The fourth-order valence-electron chi connectivity index (χ4n) is 7.14. The second-order valence-corrected chi connectivity index (χ2v) is 17.2. The molecule has 0 amide bonds. The predicted molar refractivity (Wildman–Crippen MR) is 270 cm³/mol. The third-order valence-corrected chi connectivity index (χ3v) is 11.3. The summed E-state index contributed by atoms with van der Waals surface area (Å²) in [5, 5.41) is 72.1. The third-order valence-electron chi connectivity index (χ3n) is 11.3. The van der Waals surface area contributed by atoms with Gasteiger partial charge in [0.05, 0.1) is 19.8 Å². The van der Waals surface area contributed by atoms with Crippen molar-refractivity contribution in [3.05, 3.63) is 109 Å². The summed E-state index contributed by atoms with van der Waals surface area (Å²) in [4.78, 5) is 25.7. The molecule has 0 bridgehead atoms. The molecule has 15 heteroatoms. The molecule has 0 aliphatic carbocycles. The van der Waals surface area contributed by atoms with Gasteiger partial charge in [-0.2, -0.15) is 0 Å². The smallest absolute Gasteiger partial charge is 0.306 e. The SMILES string of the molecule is CC/C=C\C/C=C\C/C=C\C/C=C\C/C=C\C/C=C\CCC(=O)OC(COC(=O)CCCCCCC/C=C\C/C=C\C/C=C\CC)COC1OC(COC2OC(CO)C(O)C(O)C2O)C(O)C(O)C1O. The molecule has 2 rings (SSSR count). The second-order valence-electron chi connectivity index (χ2n) is 17.2. The summed E-state index contributed by atoms with van der Waals surface area (Å²) >= 11 is 0. The van der Waals surface area contributed by atoms with Crippen molar-refractivity contribution in [3.8, 4) is 0 Å². The number of hydrogen-bond acceptors (Lipinski definition) is 15. The second kappa shape index (κ2) is 40.7. The van der Waals surface area contributed by atoms with Crippen molar-refractivity contribution < 1.29 is 73.8 Å². The normalized spacial score (nSPS) is 26.3. The topological polar surface area (TPSA) is 231 Å². The Morgan fingerprint density at radius 2 is 0.886 bits per heavy atom. The van der Waals surface area contributed by atoms with E-state index in [4.69, 9.17) is 28.4 Å². The van der Waals surface area contributed by atoms with Gasteiger partial charge in [0.15, 0.2) is 18.7 Å². The highest BCUT2D eigenvalue weighted by Gasteiger charge is 2.47. The van der Waals surface area contributed by atoms with Crippen LogP contribution in [0.3, 0.4) is 0 Å². The molecule has 15 nitrogen and oxygen atoms in total. The van der Waals surface area contributed by atoms with Crippen LogP contribution < -0.4 is 0 Å². The zero-order chi connectivity index (χ0) is 51.0. The Hall–Kier alpha value is -3.84. The Morgan fingerprint density at radius 3 is 1.40 bits per heavy atom. The van der Waals surface area contributed by atoms with Gasteiger partial charge in [0.2, 0.25) is 0 Å². The number of esters is 2. The maximum Gasteiger partial charge on any atom is 0.306 e. The monoisotopic (exact) mass is 987 g/mol. The van der Waals surface area contributed by atoms with E-state index in [2.05, 4.69) is 105 Å². The molecule has 396 valence electrons. The number of carbonyl (C=O) groups is 2. The van der Waals surface area contributed by atoms with Crippen molar-refractivity contribution >= 4 is 11.9 Å². The molecule has 0 saturated carbocycles. The van der Waals surface area contributed by atoms with Crippen molar-refractivity contribution in [2.75, 3.05) is 26.4 Å². The van der Waals surface area contributed by atoms with Gasteiger partial charge in [-0.3, -0.25) is 9.59 Å². The molecule has 0 aromatic rings. The molecule has 2 aliphatic heterocycles. The summed E-state index contributed by atoms with van der Waals surface area (Å²) in [6.07, 6.45) is 35.6. The molecular formula is C55H86O15. The number of rotatable bonds is 37. The van der Waals surface area contributed by atoms with Crippen LogP contribution in [0.2, 0.25) is 0 Å². The van der Waals surface area contributed by atoms with Gasteiger partial charge in [-0.05, 0) is 83.5 Å². The van der Waals surface area contributed by atoms with Gasteiger partial charge in [-0.1, -0.05) is 142 Å².